The smallest absolute Gasteiger partial charge is 0.234 e. The monoisotopic (exact) mass is 434 g/mol. The highest BCUT2D eigenvalue weighted by molar-refractivity contribution is 7.88. The lowest BCUT2D eigenvalue weighted by Gasteiger charge is -2.24. The lowest BCUT2D eigenvalue weighted by molar-refractivity contribution is -0.121. The molecule has 1 aliphatic carbocycles. The molecule has 1 aromatic heterocycles. The van der Waals surface area contributed by atoms with E-state index in [0.29, 0.717) is 43.4 Å². The number of sulfonamides is 1. The first-order chi connectivity index (χ1) is 14.2. The quantitative estimate of drug-likeness (QED) is 0.722. The molecule has 1 aliphatic heterocycles. The molecule has 0 bridgehead atoms. The summed E-state index contributed by atoms with van der Waals surface area (Å²) in [5.74, 6) is 1.61. The van der Waals surface area contributed by atoms with Gasteiger partial charge in [-0.15, -0.1) is 0 Å². The zero-order valence-electron chi connectivity index (χ0n) is 17.3. The number of carbonyl (C=O) groups is 1. The van der Waals surface area contributed by atoms with Gasteiger partial charge in [0.2, 0.25) is 21.8 Å². The zero-order chi connectivity index (χ0) is 21.5. The van der Waals surface area contributed by atoms with Gasteiger partial charge >= 0.3 is 0 Å². The van der Waals surface area contributed by atoms with Crippen LogP contribution in [0.3, 0.4) is 0 Å². The van der Waals surface area contributed by atoms with Crippen LogP contribution in [0.1, 0.15) is 30.1 Å². The van der Waals surface area contributed by atoms with E-state index in [1.165, 1.54) is 10.6 Å². The highest BCUT2D eigenvalue weighted by Crippen LogP contribution is 2.50. The predicted octanol–water partition coefficient (Wildman–Crippen LogP) is 1.04. The summed E-state index contributed by atoms with van der Waals surface area (Å²) in [6.07, 6.45) is 2.70. The predicted molar refractivity (Wildman–Crippen MR) is 108 cm³/mol. The van der Waals surface area contributed by atoms with Crippen molar-refractivity contribution in [2.24, 2.45) is 5.92 Å². The van der Waals surface area contributed by atoms with Crippen LogP contribution in [0.15, 0.2) is 28.8 Å². The molecular weight excluding hydrogens is 408 g/mol. The number of nitrogens with zero attached hydrogens (tertiary/aromatic N) is 3. The maximum Gasteiger partial charge on any atom is 0.234 e. The Labute approximate surface area is 175 Å². The summed E-state index contributed by atoms with van der Waals surface area (Å²) in [5, 5.41) is 7.02. The molecule has 10 heteroatoms. The van der Waals surface area contributed by atoms with Gasteiger partial charge in [-0.2, -0.15) is 4.98 Å². The van der Waals surface area contributed by atoms with Crippen molar-refractivity contribution in [1.29, 1.82) is 0 Å². The van der Waals surface area contributed by atoms with E-state index in [4.69, 9.17) is 9.26 Å². The van der Waals surface area contributed by atoms with E-state index < -0.39 is 15.4 Å². The highest BCUT2D eigenvalue weighted by atomic mass is 32.2. The van der Waals surface area contributed by atoms with Crippen molar-refractivity contribution in [3.8, 4) is 5.75 Å². The Morgan fingerprint density at radius 2 is 2.23 bits per heavy atom. The van der Waals surface area contributed by atoms with E-state index >= 15 is 0 Å². The largest absolute Gasteiger partial charge is 0.497 e. The molecule has 1 N–H and O–H groups in total. The maximum atomic E-state index is 12.6. The number of hydrogen-bond donors (Lipinski definition) is 1. The molecule has 3 atom stereocenters. The molecule has 9 nitrogen and oxygen atoms in total. The first-order valence-electron chi connectivity index (χ1n) is 9.88. The third-order valence-corrected chi connectivity index (χ3v) is 7.35. The first kappa shape index (κ1) is 20.8. The Kier molecular flexibility index (Phi) is 5.31. The summed E-state index contributed by atoms with van der Waals surface area (Å²) in [7, 11) is -1.74. The number of methoxy groups -OCH3 is 1. The molecule has 0 spiro atoms. The van der Waals surface area contributed by atoms with Crippen LogP contribution < -0.4 is 10.1 Å². The Morgan fingerprint density at radius 3 is 2.90 bits per heavy atom. The Balaban J connectivity index is 1.49. The van der Waals surface area contributed by atoms with Crippen molar-refractivity contribution in [3.05, 3.63) is 41.5 Å². The average Bonchev–Trinajstić information content (AvgIpc) is 3.34. The van der Waals surface area contributed by atoms with Crippen molar-refractivity contribution in [3.63, 3.8) is 0 Å². The van der Waals surface area contributed by atoms with Crippen molar-refractivity contribution in [2.75, 3.05) is 26.5 Å². The van der Waals surface area contributed by atoms with Gasteiger partial charge < -0.3 is 14.6 Å². The lowest BCUT2D eigenvalue weighted by Crippen LogP contribution is -2.39. The van der Waals surface area contributed by atoms with Crippen LogP contribution in [0, 0.1) is 12.8 Å². The standard InChI is InChI=1S/C20H26N4O5S/c1-13-21-19(29-23-13)20-10-16(9-15(20)11-24(12-20)30(3,26)27)22-18(25)8-14-5-4-6-17(7-14)28-2/h4-7,15-16H,8-12H2,1-3H3,(H,22,25). The fourth-order valence-electron chi connectivity index (χ4n) is 4.76. The fourth-order valence-corrected chi connectivity index (χ4v) is 5.68. The van der Waals surface area contributed by atoms with Crippen LogP contribution in [0.25, 0.3) is 0 Å². The van der Waals surface area contributed by atoms with Gasteiger partial charge in [-0.05, 0) is 43.4 Å². The summed E-state index contributed by atoms with van der Waals surface area (Å²) in [5.41, 5.74) is 0.300. The fraction of sp³-hybridized carbons (Fsp3) is 0.550. The number of aryl methyl sites for hydroxylation is 1. The SMILES string of the molecule is COc1cccc(CC(=O)NC2CC3CN(S(C)(=O)=O)CC3(c3nc(C)no3)C2)c1. The van der Waals surface area contributed by atoms with Gasteiger partial charge in [0.05, 0.1) is 25.2 Å². The summed E-state index contributed by atoms with van der Waals surface area (Å²) >= 11 is 0. The number of carbonyl (C=O) groups excluding carboxylic acids is 1. The van der Waals surface area contributed by atoms with Crippen molar-refractivity contribution in [2.45, 2.75) is 37.6 Å². The number of benzene rings is 1. The van der Waals surface area contributed by atoms with Gasteiger partial charge in [-0.1, -0.05) is 17.3 Å². The van der Waals surface area contributed by atoms with Crippen LogP contribution in [0.4, 0.5) is 0 Å². The Bertz CT molecular complexity index is 1050. The number of ether oxygens (including phenoxy) is 1. The van der Waals surface area contributed by atoms with Crippen LogP contribution in [-0.4, -0.2) is 61.3 Å². The van der Waals surface area contributed by atoms with Crippen molar-refractivity contribution in [1.82, 2.24) is 19.8 Å². The second-order valence-corrected chi connectivity index (χ2v) is 10.3. The van der Waals surface area contributed by atoms with Gasteiger partial charge in [0, 0.05) is 19.1 Å². The molecule has 2 aromatic rings. The lowest BCUT2D eigenvalue weighted by atomic mass is 9.80. The van der Waals surface area contributed by atoms with E-state index in [9.17, 15) is 13.2 Å². The van der Waals surface area contributed by atoms with Gasteiger partial charge in [0.15, 0.2) is 5.82 Å². The number of amides is 1. The number of nitrogens with one attached hydrogen (secondary N) is 1. The Morgan fingerprint density at radius 1 is 1.43 bits per heavy atom. The maximum absolute atomic E-state index is 12.6. The number of rotatable bonds is 6. The zero-order valence-corrected chi connectivity index (χ0v) is 18.1. The molecule has 1 aromatic carbocycles. The van der Waals surface area contributed by atoms with Crippen molar-refractivity contribution >= 4 is 15.9 Å². The minimum atomic E-state index is -3.33. The molecule has 2 heterocycles. The summed E-state index contributed by atoms with van der Waals surface area (Å²) < 4.78 is 36.4. The molecule has 2 fully saturated rings. The molecular formula is C20H26N4O5S. The number of hydrogen-bond acceptors (Lipinski definition) is 7. The van der Waals surface area contributed by atoms with E-state index in [-0.39, 0.29) is 24.3 Å². The van der Waals surface area contributed by atoms with Gasteiger partial charge in [-0.25, -0.2) is 12.7 Å². The third kappa shape index (κ3) is 3.93. The molecule has 1 amide bonds. The number of aromatic nitrogens is 2. The molecule has 1 saturated heterocycles. The molecule has 3 unspecified atom stereocenters. The van der Waals surface area contributed by atoms with Crippen LogP contribution in [0.5, 0.6) is 5.75 Å². The second-order valence-electron chi connectivity index (χ2n) is 8.29. The van der Waals surface area contributed by atoms with E-state index in [0.717, 1.165) is 5.56 Å². The first-order valence-corrected chi connectivity index (χ1v) is 11.7. The van der Waals surface area contributed by atoms with Crippen LogP contribution in [-0.2, 0) is 26.7 Å². The van der Waals surface area contributed by atoms with Gasteiger partial charge in [0.25, 0.3) is 0 Å². The molecule has 162 valence electrons. The highest BCUT2D eigenvalue weighted by Gasteiger charge is 2.58. The third-order valence-electron chi connectivity index (χ3n) is 6.13. The van der Waals surface area contributed by atoms with Crippen LogP contribution >= 0.6 is 0 Å². The topological polar surface area (TPSA) is 115 Å². The van der Waals surface area contributed by atoms with Crippen LogP contribution in [0.2, 0.25) is 0 Å². The molecule has 0 radical (unpaired) electrons. The van der Waals surface area contributed by atoms with Crippen molar-refractivity contribution < 1.29 is 22.5 Å². The van der Waals surface area contributed by atoms with Gasteiger partial charge in [-0.3, -0.25) is 4.79 Å². The average molecular weight is 435 g/mol. The number of fused-ring (bicyclic) bond motifs is 1. The van der Waals surface area contributed by atoms with Gasteiger partial charge in [0.1, 0.15) is 5.75 Å². The van der Waals surface area contributed by atoms with E-state index in [1.54, 1.807) is 14.0 Å². The summed E-state index contributed by atoms with van der Waals surface area (Å²) in [6, 6.07) is 7.34. The second kappa shape index (κ2) is 7.66. The molecule has 1 saturated carbocycles. The summed E-state index contributed by atoms with van der Waals surface area (Å²) in [4.78, 5) is 17.1. The minimum Gasteiger partial charge on any atom is -0.497 e. The molecule has 30 heavy (non-hydrogen) atoms. The summed E-state index contributed by atoms with van der Waals surface area (Å²) in [6.45, 7) is 2.42. The molecule has 4 rings (SSSR count). The van der Waals surface area contributed by atoms with E-state index in [1.807, 2.05) is 24.3 Å². The Hall–Kier alpha value is -2.46. The minimum absolute atomic E-state index is 0.00851. The normalized spacial score (nSPS) is 26.5. The molecule has 2 aliphatic rings. The van der Waals surface area contributed by atoms with E-state index in [2.05, 4.69) is 15.5 Å².